The zero-order valence-corrected chi connectivity index (χ0v) is 22.4. The van der Waals surface area contributed by atoms with Gasteiger partial charge in [-0.25, -0.2) is 0 Å². The quantitative estimate of drug-likeness (QED) is 0.203. The van der Waals surface area contributed by atoms with E-state index in [0.29, 0.717) is 0 Å². The number of hydrogen-bond acceptors (Lipinski definition) is 0. The Hall–Kier alpha value is -4.86. The molecule has 0 spiro atoms. The van der Waals surface area contributed by atoms with E-state index >= 15 is 0 Å². The maximum Gasteiger partial charge on any atom is 0.184 e. The van der Waals surface area contributed by atoms with Gasteiger partial charge in [-0.1, -0.05) is 133 Å². The number of H-pyrrole nitrogens is 2. The van der Waals surface area contributed by atoms with Crippen LogP contribution in [0.25, 0.3) is 43.6 Å². The molecule has 0 amide bonds. The Balaban J connectivity index is 1.61. The summed E-state index contributed by atoms with van der Waals surface area (Å²) in [4.78, 5) is 7.72. The smallest absolute Gasteiger partial charge is 0.184 e. The standard InChI is InChI=1S/C36H26N2Si/c1-3-13-25(14-4-1)39(26-15-5-2-6-16-26,33-23-11-19-29-27-17-7-9-21-31(27)37-35(29)33)34-24-12-20-30-28-18-8-10-22-32(28)38-36(30)34/h1-24,37-38H. The summed E-state index contributed by atoms with van der Waals surface area (Å²) in [6.45, 7) is 0. The molecule has 0 unspecified atom stereocenters. The van der Waals surface area contributed by atoms with Crippen molar-refractivity contribution in [1.82, 2.24) is 9.97 Å². The summed E-state index contributed by atoms with van der Waals surface area (Å²) in [6.07, 6.45) is 0. The fourth-order valence-electron chi connectivity index (χ4n) is 6.68. The van der Waals surface area contributed by atoms with E-state index in [2.05, 4.69) is 156 Å². The minimum Gasteiger partial charge on any atom is -0.355 e. The van der Waals surface area contributed by atoms with E-state index in [1.807, 2.05) is 0 Å². The van der Waals surface area contributed by atoms with Gasteiger partial charge in [-0.15, -0.1) is 0 Å². The summed E-state index contributed by atoms with van der Waals surface area (Å²) >= 11 is 0. The van der Waals surface area contributed by atoms with Crippen molar-refractivity contribution in [1.29, 1.82) is 0 Å². The van der Waals surface area contributed by atoms with Crippen LogP contribution in [-0.4, -0.2) is 18.0 Å². The van der Waals surface area contributed by atoms with E-state index in [4.69, 9.17) is 0 Å². The summed E-state index contributed by atoms with van der Waals surface area (Å²) in [7, 11) is -2.82. The third-order valence-electron chi connectivity index (χ3n) is 8.30. The van der Waals surface area contributed by atoms with E-state index in [1.165, 1.54) is 64.4 Å². The summed E-state index contributed by atoms with van der Waals surface area (Å²) in [6, 6.07) is 53.4. The predicted octanol–water partition coefficient (Wildman–Crippen LogP) is 6.33. The molecule has 0 aliphatic rings. The summed E-state index contributed by atoms with van der Waals surface area (Å²) < 4.78 is 0. The fourth-order valence-corrected chi connectivity index (χ4v) is 11.8. The van der Waals surface area contributed by atoms with Crippen molar-refractivity contribution in [3.8, 4) is 0 Å². The van der Waals surface area contributed by atoms with Crippen LogP contribution in [0.3, 0.4) is 0 Å². The first-order chi connectivity index (χ1) is 19.4. The number of fused-ring (bicyclic) bond motifs is 6. The largest absolute Gasteiger partial charge is 0.355 e. The molecule has 0 atom stereocenters. The number of hydrogen-bond donors (Lipinski definition) is 2. The Bertz CT molecular complexity index is 1970. The molecule has 0 bridgehead atoms. The molecule has 2 N–H and O–H groups in total. The zero-order valence-electron chi connectivity index (χ0n) is 21.4. The second-order valence-corrected chi connectivity index (χ2v) is 14.0. The average molecular weight is 515 g/mol. The van der Waals surface area contributed by atoms with Gasteiger partial charge in [0, 0.05) is 43.6 Å². The average Bonchev–Trinajstić information content (AvgIpc) is 3.58. The number of aromatic nitrogens is 2. The highest BCUT2D eigenvalue weighted by Gasteiger charge is 2.44. The monoisotopic (exact) mass is 514 g/mol. The first-order valence-electron chi connectivity index (χ1n) is 13.5. The minimum absolute atomic E-state index is 1.17. The van der Waals surface area contributed by atoms with Crippen LogP contribution in [0, 0.1) is 0 Å². The van der Waals surface area contributed by atoms with Crippen molar-refractivity contribution in [2.75, 3.05) is 0 Å². The SMILES string of the molecule is c1ccc([Si](c2ccccc2)(c2cccc3c2[nH]c2ccccc23)c2cccc3c2[nH]c2ccccc23)cc1. The van der Waals surface area contributed by atoms with Crippen molar-refractivity contribution in [3.63, 3.8) is 0 Å². The van der Waals surface area contributed by atoms with Crippen LogP contribution >= 0.6 is 0 Å². The Kier molecular flexibility index (Phi) is 4.88. The zero-order chi connectivity index (χ0) is 25.8. The molecule has 6 aromatic carbocycles. The first-order valence-corrected chi connectivity index (χ1v) is 15.5. The van der Waals surface area contributed by atoms with Crippen LogP contribution in [-0.2, 0) is 0 Å². The van der Waals surface area contributed by atoms with Crippen LogP contribution < -0.4 is 20.7 Å². The molecule has 8 rings (SSSR count). The maximum atomic E-state index is 3.86. The maximum absolute atomic E-state index is 3.86. The van der Waals surface area contributed by atoms with Gasteiger partial charge in [0.25, 0.3) is 0 Å². The molecule has 0 aliphatic carbocycles. The molecule has 2 heterocycles. The highest BCUT2D eigenvalue weighted by molar-refractivity contribution is 7.21. The molecule has 2 aromatic heterocycles. The Labute approximate surface area is 227 Å². The molecule has 0 fully saturated rings. The Morgan fingerprint density at radius 2 is 0.718 bits per heavy atom. The lowest BCUT2D eigenvalue weighted by Crippen LogP contribution is -2.75. The van der Waals surface area contributed by atoms with E-state index < -0.39 is 8.07 Å². The van der Waals surface area contributed by atoms with Gasteiger partial charge >= 0.3 is 0 Å². The van der Waals surface area contributed by atoms with Crippen molar-refractivity contribution in [2.45, 2.75) is 0 Å². The lowest BCUT2D eigenvalue weighted by molar-refractivity contribution is 1.55. The molecule has 39 heavy (non-hydrogen) atoms. The van der Waals surface area contributed by atoms with Gasteiger partial charge in [-0.05, 0) is 32.9 Å². The van der Waals surface area contributed by atoms with Gasteiger partial charge in [-0.3, -0.25) is 0 Å². The van der Waals surface area contributed by atoms with Crippen LogP contribution in [0.5, 0.6) is 0 Å². The molecule has 2 nitrogen and oxygen atoms in total. The number of rotatable bonds is 4. The normalized spacial score (nSPS) is 12.1. The molecular weight excluding hydrogens is 488 g/mol. The van der Waals surface area contributed by atoms with Crippen molar-refractivity contribution in [3.05, 3.63) is 146 Å². The van der Waals surface area contributed by atoms with E-state index in [-0.39, 0.29) is 0 Å². The molecule has 184 valence electrons. The molecule has 3 heteroatoms. The van der Waals surface area contributed by atoms with Gasteiger partial charge in [0.1, 0.15) is 0 Å². The molecule has 0 radical (unpaired) electrons. The van der Waals surface area contributed by atoms with E-state index in [1.54, 1.807) is 0 Å². The molecule has 0 saturated carbocycles. The highest BCUT2D eigenvalue weighted by atomic mass is 28.3. The molecule has 0 saturated heterocycles. The third kappa shape index (κ3) is 3.14. The van der Waals surface area contributed by atoms with Crippen LogP contribution in [0.2, 0.25) is 0 Å². The van der Waals surface area contributed by atoms with Crippen molar-refractivity contribution < 1.29 is 0 Å². The molecular formula is C36H26N2Si. The van der Waals surface area contributed by atoms with Gasteiger partial charge < -0.3 is 9.97 Å². The predicted molar refractivity (Wildman–Crippen MR) is 169 cm³/mol. The molecule has 8 aromatic rings. The van der Waals surface area contributed by atoms with Crippen LogP contribution in [0.4, 0.5) is 0 Å². The van der Waals surface area contributed by atoms with Crippen molar-refractivity contribution in [2.24, 2.45) is 0 Å². The number of aromatic amines is 2. The van der Waals surface area contributed by atoms with Crippen molar-refractivity contribution >= 4 is 72.4 Å². The number of para-hydroxylation sites is 4. The van der Waals surface area contributed by atoms with Gasteiger partial charge in [0.05, 0.1) is 0 Å². The van der Waals surface area contributed by atoms with E-state index in [9.17, 15) is 0 Å². The van der Waals surface area contributed by atoms with Crippen LogP contribution in [0.1, 0.15) is 0 Å². The Morgan fingerprint density at radius 1 is 0.333 bits per heavy atom. The second kappa shape index (κ2) is 8.59. The van der Waals surface area contributed by atoms with Gasteiger partial charge in [0.2, 0.25) is 0 Å². The first kappa shape index (κ1) is 22.2. The summed E-state index contributed by atoms with van der Waals surface area (Å²) in [5.41, 5.74) is 4.80. The number of nitrogens with one attached hydrogen (secondary N) is 2. The number of benzene rings is 6. The second-order valence-electron chi connectivity index (χ2n) is 10.3. The highest BCUT2D eigenvalue weighted by Crippen LogP contribution is 2.29. The summed E-state index contributed by atoms with van der Waals surface area (Å²) in [5.74, 6) is 0. The van der Waals surface area contributed by atoms with E-state index in [0.717, 1.165) is 0 Å². The van der Waals surface area contributed by atoms with Gasteiger partial charge in [0.15, 0.2) is 8.07 Å². The lowest BCUT2D eigenvalue weighted by atomic mass is 10.1. The third-order valence-corrected chi connectivity index (χ3v) is 13.2. The topological polar surface area (TPSA) is 31.6 Å². The minimum atomic E-state index is -2.82. The summed E-state index contributed by atoms with van der Waals surface area (Å²) in [5, 5.41) is 10.6. The Morgan fingerprint density at radius 3 is 1.18 bits per heavy atom. The molecule has 0 aliphatic heterocycles. The van der Waals surface area contributed by atoms with Crippen LogP contribution in [0.15, 0.2) is 146 Å². The van der Waals surface area contributed by atoms with Gasteiger partial charge in [-0.2, -0.15) is 0 Å². The fraction of sp³-hybridized carbons (Fsp3) is 0. The lowest BCUT2D eigenvalue weighted by Gasteiger charge is -2.35.